The van der Waals surface area contributed by atoms with Crippen molar-refractivity contribution < 1.29 is 19.8 Å². The standard InChI is InChI=1S/C9H12O4/c1-6-2-4-9(5-3-6,7(10)11)8(12)13/h2,4,6H,3,5H2,1H3,(H,10,11)(H,12,13). The molecule has 0 radical (unpaired) electrons. The van der Waals surface area contributed by atoms with Gasteiger partial charge in [0.2, 0.25) is 0 Å². The Balaban J connectivity index is 3.01. The lowest BCUT2D eigenvalue weighted by atomic mass is 9.76. The van der Waals surface area contributed by atoms with Crippen LogP contribution in [0.3, 0.4) is 0 Å². The molecule has 0 saturated carbocycles. The zero-order valence-electron chi connectivity index (χ0n) is 7.36. The summed E-state index contributed by atoms with van der Waals surface area (Å²) in [6.07, 6.45) is 3.74. The molecule has 1 aliphatic carbocycles. The van der Waals surface area contributed by atoms with Crippen molar-refractivity contribution in [3.05, 3.63) is 12.2 Å². The number of allylic oxidation sites excluding steroid dienone is 1. The highest BCUT2D eigenvalue weighted by atomic mass is 16.4. The predicted octanol–water partition coefficient (Wildman–Crippen LogP) is 1.13. The molecule has 0 heterocycles. The molecule has 1 atom stereocenters. The van der Waals surface area contributed by atoms with Gasteiger partial charge in [0.1, 0.15) is 0 Å². The van der Waals surface area contributed by atoms with Crippen molar-refractivity contribution in [1.29, 1.82) is 0 Å². The van der Waals surface area contributed by atoms with Gasteiger partial charge in [0.25, 0.3) is 0 Å². The minimum atomic E-state index is -1.69. The Morgan fingerprint density at radius 3 is 2.23 bits per heavy atom. The summed E-state index contributed by atoms with van der Waals surface area (Å²) in [5, 5.41) is 17.6. The Bertz CT molecular complexity index is 253. The van der Waals surface area contributed by atoms with Gasteiger partial charge in [-0.1, -0.05) is 19.1 Å². The number of carboxylic acid groups (broad SMARTS) is 2. The quantitative estimate of drug-likeness (QED) is 0.498. The van der Waals surface area contributed by atoms with Gasteiger partial charge in [-0.3, -0.25) is 9.59 Å². The SMILES string of the molecule is CC1C=CC(C(=O)O)(C(=O)O)CC1. The summed E-state index contributed by atoms with van der Waals surface area (Å²) >= 11 is 0. The number of carboxylic acids is 2. The lowest BCUT2D eigenvalue weighted by Gasteiger charge is -2.26. The first-order valence-corrected chi connectivity index (χ1v) is 4.15. The molecule has 4 nitrogen and oxygen atoms in total. The van der Waals surface area contributed by atoms with Gasteiger partial charge >= 0.3 is 11.9 Å². The van der Waals surface area contributed by atoms with Crippen LogP contribution in [-0.4, -0.2) is 22.2 Å². The van der Waals surface area contributed by atoms with Gasteiger partial charge in [-0.15, -0.1) is 0 Å². The zero-order valence-corrected chi connectivity index (χ0v) is 7.36. The van der Waals surface area contributed by atoms with Crippen LogP contribution in [0.1, 0.15) is 19.8 Å². The summed E-state index contributed by atoms with van der Waals surface area (Å²) in [5.74, 6) is -2.28. The van der Waals surface area contributed by atoms with E-state index in [4.69, 9.17) is 10.2 Å². The summed E-state index contributed by atoms with van der Waals surface area (Å²) in [6, 6.07) is 0. The van der Waals surface area contributed by atoms with E-state index in [0.29, 0.717) is 6.42 Å². The number of rotatable bonds is 2. The van der Waals surface area contributed by atoms with E-state index in [1.165, 1.54) is 6.08 Å². The molecule has 0 aromatic rings. The molecule has 72 valence electrons. The van der Waals surface area contributed by atoms with E-state index in [0.717, 1.165) is 0 Å². The molecular formula is C9H12O4. The number of hydrogen-bond donors (Lipinski definition) is 2. The van der Waals surface area contributed by atoms with Crippen molar-refractivity contribution in [2.75, 3.05) is 0 Å². The van der Waals surface area contributed by atoms with Crippen molar-refractivity contribution in [2.24, 2.45) is 11.3 Å². The lowest BCUT2D eigenvalue weighted by molar-refractivity contribution is -0.161. The Morgan fingerprint density at radius 1 is 1.38 bits per heavy atom. The van der Waals surface area contributed by atoms with Crippen molar-refractivity contribution in [1.82, 2.24) is 0 Å². The van der Waals surface area contributed by atoms with Gasteiger partial charge < -0.3 is 10.2 Å². The minimum absolute atomic E-state index is 0.176. The maximum atomic E-state index is 10.8. The van der Waals surface area contributed by atoms with E-state index in [2.05, 4.69) is 0 Å². The summed E-state index contributed by atoms with van der Waals surface area (Å²) in [6.45, 7) is 1.93. The molecule has 0 saturated heterocycles. The average Bonchev–Trinajstić information content (AvgIpc) is 2.04. The third-order valence-corrected chi connectivity index (χ3v) is 2.47. The minimum Gasteiger partial charge on any atom is -0.480 e. The molecular weight excluding hydrogens is 172 g/mol. The molecule has 2 N–H and O–H groups in total. The third-order valence-electron chi connectivity index (χ3n) is 2.47. The summed E-state index contributed by atoms with van der Waals surface area (Å²) in [4.78, 5) is 21.6. The van der Waals surface area contributed by atoms with Crippen LogP contribution in [0.15, 0.2) is 12.2 Å². The average molecular weight is 184 g/mol. The maximum Gasteiger partial charge on any atom is 0.324 e. The molecule has 13 heavy (non-hydrogen) atoms. The topological polar surface area (TPSA) is 74.6 Å². The fraction of sp³-hybridized carbons (Fsp3) is 0.556. The van der Waals surface area contributed by atoms with Crippen molar-refractivity contribution in [2.45, 2.75) is 19.8 Å². The Kier molecular flexibility index (Phi) is 2.40. The van der Waals surface area contributed by atoms with Crippen LogP contribution in [0.4, 0.5) is 0 Å². The normalized spacial score (nSPS) is 25.5. The second kappa shape index (κ2) is 3.20. The monoisotopic (exact) mass is 184 g/mol. The van der Waals surface area contributed by atoms with Gasteiger partial charge in [-0.2, -0.15) is 0 Å². The van der Waals surface area contributed by atoms with Crippen LogP contribution in [0.2, 0.25) is 0 Å². The maximum absolute atomic E-state index is 10.8. The highest BCUT2D eigenvalue weighted by Gasteiger charge is 2.45. The van der Waals surface area contributed by atoms with Crippen LogP contribution in [0, 0.1) is 11.3 Å². The largest absolute Gasteiger partial charge is 0.480 e. The van der Waals surface area contributed by atoms with Gasteiger partial charge in [0, 0.05) is 0 Å². The molecule has 1 aliphatic rings. The van der Waals surface area contributed by atoms with Crippen LogP contribution >= 0.6 is 0 Å². The molecule has 0 aliphatic heterocycles. The Hall–Kier alpha value is -1.32. The third kappa shape index (κ3) is 1.56. The van der Waals surface area contributed by atoms with E-state index in [1.54, 1.807) is 6.08 Å². The lowest BCUT2D eigenvalue weighted by Crippen LogP contribution is -2.39. The second-order valence-electron chi connectivity index (χ2n) is 3.46. The molecule has 0 amide bonds. The first-order valence-electron chi connectivity index (χ1n) is 4.15. The Labute approximate surface area is 75.9 Å². The number of carbonyl (C=O) groups is 2. The van der Waals surface area contributed by atoms with E-state index in [-0.39, 0.29) is 12.3 Å². The van der Waals surface area contributed by atoms with Gasteiger partial charge in [-0.05, 0) is 18.8 Å². The van der Waals surface area contributed by atoms with Crippen LogP contribution in [0.5, 0.6) is 0 Å². The van der Waals surface area contributed by atoms with E-state index in [1.807, 2.05) is 6.92 Å². The number of hydrogen-bond acceptors (Lipinski definition) is 2. The zero-order chi connectivity index (χ0) is 10.1. The number of aliphatic carboxylic acids is 2. The van der Waals surface area contributed by atoms with Crippen molar-refractivity contribution >= 4 is 11.9 Å². The predicted molar refractivity (Wildman–Crippen MR) is 45.2 cm³/mol. The molecule has 0 fully saturated rings. The van der Waals surface area contributed by atoms with Crippen LogP contribution in [0.25, 0.3) is 0 Å². The summed E-state index contributed by atoms with van der Waals surface area (Å²) < 4.78 is 0. The van der Waals surface area contributed by atoms with E-state index < -0.39 is 17.4 Å². The first kappa shape index (κ1) is 9.77. The molecule has 4 heteroatoms. The highest BCUT2D eigenvalue weighted by molar-refractivity contribution is 6.00. The second-order valence-corrected chi connectivity index (χ2v) is 3.46. The molecule has 0 aromatic carbocycles. The fourth-order valence-corrected chi connectivity index (χ4v) is 1.41. The molecule has 1 unspecified atom stereocenters. The summed E-state index contributed by atoms with van der Waals surface area (Å²) in [7, 11) is 0. The van der Waals surface area contributed by atoms with Crippen molar-refractivity contribution in [3.8, 4) is 0 Å². The fourth-order valence-electron chi connectivity index (χ4n) is 1.41. The highest BCUT2D eigenvalue weighted by Crippen LogP contribution is 2.33. The van der Waals surface area contributed by atoms with E-state index >= 15 is 0 Å². The summed E-state index contributed by atoms with van der Waals surface area (Å²) in [5.41, 5.74) is -1.69. The molecule has 0 spiro atoms. The molecule has 0 aromatic heterocycles. The Morgan fingerprint density at radius 2 is 1.92 bits per heavy atom. The van der Waals surface area contributed by atoms with Crippen LogP contribution < -0.4 is 0 Å². The van der Waals surface area contributed by atoms with Crippen molar-refractivity contribution in [3.63, 3.8) is 0 Å². The van der Waals surface area contributed by atoms with E-state index in [9.17, 15) is 9.59 Å². The smallest absolute Gasteiger partial charge is 0.324 e. The van der Waals surface area contributed by atoms with Gasteiger partial charge in [-0.25, -0.2) is 0 Å². The van der Waals surface area contributed by atoms with Crippen LogP contribution in [-0.2, 0) is 9.59 Å². The van der Waals surface area contributed by atoms with Gasteiger partial charge in [0.05, 0.1) is 0 Å². The molecule has 1 rings (SSSR count). The first-order chi connectivity index (χ1) is 5.99. The van der Waals surface area contributed by atoms with Gasteiger partial charge in [0.15, 0.2) is 5.41 Å². The molecule has 0 bridgehead atoms.